The van der Waals surface area contributed by atoms with Gasteiger partial charge in [-0.05, 0) is 35.7 Å². The Bertz CT molecular complexity index is 887. The topological polar surface area (TPSA) is 101 Å². The average Bonchev–Trinajstić information content (AvgIpc) is 2.69. The molecule has 2 atom stereocenters. The Morgan fingerprint density at radius 3 is 2.70 bits per heavy atom. The lowest BCUT2D eigenvalue weighted by atomic mass is 9.99. The van der Waals surface area contributed by atoms with Gasteiger partial charge in [-0.25, -0.2) is 0 Å². The van der Waals surface area contributed by atoms with E-state index in [-0.39, 0.29) is 12.5 Å². The van der Waals surface area contributed by atoms with Crippen molar-refractivity contribution in [1.29, 1.82) is 0 Å². The van der Waals surface area contributed by atoms with Crippen LogP contribution < -0.4 is 14.8 Å². The summed E-state index contributed by atoms with van der Waals surface area (Å²) in [4.78, 5) is 16.7. The SMILES string of the molecule is COc1ccc(C2CC(C(=O)NCc3cccnc3)N(C)S(=O)(=O)N2)cc1. The molecule has 3 rings (SSSR count). The van der Waals surface area contributed by atoms with Crippen LogP contribution in [0.1, 0.15) is 23.6 Å². The molecule has 1 amide bonds. The summed E-state index contributed by atoms with van der Waals surface area (Å²) in [6.07, 6.45) is 3.63. The van der Waals surface area contributed by atoms with E-state index in [1.54, 1.807) is 49.8 Å². The molecule has 8 nitrogen and oxygen atoms in total. The molecule has 1 aromatic carbocycles. The molecule has 0 radical (unpaired) electrons. The van der Waals surface area contributed by atoms with Crippen molar-refractivity contribution >= 4 is 16.1 Å². The highest BCUT2D eigenvalue weighted by Crippen LogP contribution is 2.28. The van der Waals surface area contributed by atoms with Gasteiger partial charge in [-0.3, -0.25) is 9.78 Å². The Hall–Kier alpha value is -2.49. The Balaban J connectivity index is 1.75. The molecular formula is C18H22N4O4S. The maximum Gasteiger partial charge on any atom is 0.280 e. The van der Waals surface area contributed by atoms with E-state index < -0.39 is 22.3 Å². The van der Waals surface area contributed by atoms with Gasteiger partial charge in [-0.1, -0.05) is 18.2 Å². The van der Waals surface area contributed by atoms with Gasteiger partial charge in [0.1, 0.15) is 11.8 Å². The lowest BCUT2D eigenvalue weighted by Gasteiger charge is -2.36. The van der Waals surface area contributed by atoms with Gasteiger partial charge in [0, 0.05) is 32.0 Å². The number of likely N-dealkylation sites (N-methyl/N-ethyl adjacent to an activating group) is 1. The Labute approximate surface area is 158 Å². The van der Waals surface area contributed by atoms with Gasteiger partial charge in [-0.2, -0.15) is 17.4 Å². The number of aromatic nitrogens is 1. The molecule has 27 heavy (non-hydrogen) atoms. The molecule has 2 heterocycles. The Morgan fingerprint density at radius 1 is 1.33 bits per heavy atom. The first-order chi connectivity index (χ1) is 12.9. The molecule has 1 saturated heterocycles. The molecule has 2 aromatic rings. The maximum absolute atomic E-state index is 12.7. The van der Waals surface area contributed by atoms with E-state index in [4.69, 9.17) is 4.74 Å². The molecule has 0 bridgehead atoms. The van der Waals surface area contributed by atoms with Crippen molar-refractivity contribution in [1.82, 2.24) is 19.3 Å². The van der Waals surface area contributed by atoms with E-state index in [0.717, 1.165) is 15.4 Å². The zero-order chi connectivity index (χ0) is 19.4. The van der Waals surface area contributed by atoms with Crippen molar-refractivity contribution in [2.75, 3.05) is 14.2 Å². The summed E-state index contributed by atoms with van der Waals surface area (Å²) in [6, 6.07) is 9.44. The average molecular weight is 390 g/mol. The van der Waals surface area contributed by atoms with Crippen molar-refractivity contribution in [3.63, 3.8) is 0 Å². The lowest BCUT2D eigenvalue weighted by Crippen LogP contribution is -2.57. The summed E-state index contributed by atoms with van der Waals surface area (Å²) in [6.45, 7) is 0.289. The number of pyridine rings is 1. The van der Waals surface area contributed by atoms with Crippen LogP contribution in [0.4, 0.5) is 0 Å². The summed E-state index contributed by atoms with van der Waals surface area (Å²) in [5.41, 5.74) is 1.62. The number of hydrogen-bond acceptors (Lipinski definition) is 5. The van der Waals surface area contributed by atoms with Crippen LogP contribution in [0.2, 0.25) is 0 Å². The van der Waals surface area contributed by atoms with Crippen LogP contribution in [-0.4, -0.2) is 43.8 Å². The monoisotopic (exact) mass is 390 g/mol. The number of rotatable bonds is 5. The second-order valence-corrected chi connectivity index (χ2v) is 8.06. The molecule has 2 unspecified atom stereocenters. The number of methoxy groups -OCH3 is 1. The number of amides is 1. The van der Waals surface area contributed by atoms with E-state index in [0.29, 0.717) is 12.2 Å². The van der Waals surface area contributed by atoms with Crippen LogP contribution in [0.5, 0.6) is 5.75 Å². The first-order valence-electron chi connectivity index (χ1n) is 8.46. The van der Waals surface area contributed by atoms with Crippen LogP contribution in [0.3, 0.4) is 0 Å². The quantitative estimate of drug-likeness (QED) is 0.793. The molecule has 1 aromatic heterocycles. The number of carbonyl (C=O) groups is 1. The van der Waals surface area contributed by atoms with Crippen LogP contribution in [0, 0.1) is 0 Å². The highest BCUT2D eigenvalue weighted by molar-refractivity contribution is 7.87. The van der Waals surface area contributed by atoms with Crippen LogP contribution >= 0.6 is 0 Å². The highest BCUT2D eigenvalue weighted by Gasteiger charge is 2.40. The third-order valence-corrected chi connectivity index (χ3v) is 6.17. The molecule has 1 aliphatic heterocycles. The molecule has 0 spiro atoms. The van der Waals surface area contributed by atoms with Crippen molar-refractivity contribution in [2.24, 2.45) is 0 Å². The first kappa shape index (κ1) is 19.3. The molecule has 144 valence electrons. The number of benzene rings is 1. The van der Waals surface area contributed by atoms with Crippen molar-refractivity contribution in [3.05, 3.63) is 59.9 Å². The maximum atomic E-state index is 12.7. The summed E-state index contributed by atoms with van der Waals surface area (Å²) in [7, 11) is -0.804. The normalized spacial score (nSPS) is 22.1. The van der Waals surface area contributed by atoms with E-state index in [9.17, 15) is 13.2 Å². The molecule has 1 aliphatic rings. The number of ether oxygens (including phenoxy) is 1. The van der Waals surface area contributed by atoms with Gasteiger partial charge in [0.15, 0.2) is 0 Å². The fraction of sp³-hybridized carbons (Fsp3) is 0.333. The van der Waals surface area contributed by atoms with Gasteiger partial charge in [-0.15, -0.1) is 0 Å². The standard InChI is InChI=1S/C18H22N4O4S/c1-22-17(18(23)20-12-13-4-3-9-19-11-13)10-16(21-27(22,24)25)14-5-7-15(26-2)8-6-14/h3-9,11,16-17,21H,10,12H2,1-2H3,(H,20,23). The third-order valence-electron chi connectivity index (χ3n) is 4.58. The minimum absolute atomic E-state index is 0.289. The fourth-order valence-electron chi connectivity index (χ4n) is 2.97. The Morgan fingerprint density at radius 2 is 2.07 bits per heavy atom. The lowest BCUT2D eigenvalue weighted by molar-refractivity contribution is -0.125. The number of nitrogens with one attached hydrogen (secondary N) is 2. The summed E-state index contributed by atoms with van der Waals surface area (Å²) < 4.78 is 33.8. The minimum Gasteiger partial charge on any atom is -0.497 e. The molecular weight excluding hydrogens is 368 g/mol. The second kappa shape index (κ2) is 8.03. The molecule has 9 heteroatoms. The molecule has 0 aliphatic carbocycles. The smallest absolute Gasteiger partial charge is 0.280 e. The van der Waals surface area contributed by atoms with Gasteiger partial charge in [0.25, 0.3) is 10.2 Å². The summed E-state index contributed by atoms with van der Waals surface area (Å²) in [5.74, 6) is 0.338. The van der Waals surface area contributed by atoms with Crippen molar-refractivity contribution < 1.29 is 17.9 Å². The molecule has 1 fully saturated rings. The number of hydrogen-bond donors (Lipinski definition) is 2. The van der Waals surface area contributed by atoms with E-state index in [1.165, 1.54) is 7.05 Å². The first-order valence-corrected chi connectivity index (χ1v) is 9.90. The van der Waals surface area contributed by atoms with Gasteiger partial charge >= 0.3 is 0 Å². The second-order valence-electron chi connectivity index (χ2n) is 6.30. The van der Waals surface area contributed by atoms with Gasteiger partial charge < -0.3 is 10.1 Å². The van der Waals surface area contributed by atoms with E-state index >= 15 is 0 Å². The Kier molecular flexibility index (Phi) is 5.73. The van der Waals surface area contributed by atoms with Crippen molar-refractivity contribution in [2.45, 2.75) is 25.0 Å². The number of carbonyl (C=O) groups excluding carboxylic acids is 1. The van der Waals surface area contributed by atoms with Crippen molar-refractivity contribution in [3.8, 4) is 5.75 Å². The predicted molar refractivity (Wildman–Crippen MR) is 100 cm³/mol. The highest BCUT2D eigenvalue weighted by atomic mass is 32.2. The van der Waals surface area contributed by atoms with Gasteiger partial charge in [0.2, 0.25) is 5.91 Å². The van der Waals surface area contributed by atoms with Gasteiger partial charge in [0.05, 0.1) is 7.11 Å². The summed E-state index contributed by atoms with van der Waals surface area (Å²) in [5, 5.41) is 2.79. The van der Waals surface area contributed by atoms with Crippen LogP contribution in [0.25, 0.3) is 0 Å². The zero-order valence-corrected chi connectivity index (χ0v) is 15.9. The van der Waals surface area contributed by atoms with E-state index in [2.05, 4.69) is 15.0 Å². The zero-order valence-electron chi connectivity index (χ0n) is 15.1. The largest absolute Gasteiger partial charge is 0.497 e. The van der Waals surface area contributed by atoms with Crippen LogP contribution in [0.15, 0.2) is 48.8 Å². The minimum atomic E-state index is -3.77. The molecule has 2 N–H and O–H groups in total. The summed E-state index contributed by atoms with van der Waals surface area (Å²) >= 11 is 0. The number of nitrogens with zero attached hydrogens (tertiary/aromatic N) is 2. The molecule has 0 saturated carbocycles. The van der Waals surface area contributed by atoms with E-state index in [1.807, 2.05) is 6.07 Å². The van der Waals surface area contributed by atoms with Crippen LogP contribution in [-0.2, 0) is 21.5 Å². The predicted octanol–water partition coefficient (Wildman–Crippen LogP) is 0.986. The fourth-order valence-corrected chi connectivity index (χ4v) is 4.25. The third kappa shape index (κ3) is 4.44.